The number of halogens is 1. The van der Waals surface area contributed by atoms with Crippen molar-refractivity contribution >= 4 is 17.3 Å². The highest BCUT2D eigenvalue weighted by Gasteiger charge is 2.41. The van der Waals surface area contributed by atoms with E-state index in [4.69, 9.17) is 4.74 Å². The summed E-state index contributed by atoms with van der Waals surface area (Å²) >= 11 is 0. The van der Waals surface area contributed by atoms with E-state index >= 15 is 0 Å². The number of carbonyl (C=O) groups is 1. The van der Waals surface area contributed by atoms with E-state index in [1.807, 2.05) is 36.4 Å². The van der Waals surface area contributed by atoms with Crippen LogP contribution >= 0.6 is 0 Å². The van der Waals surface area contributed by atoms with Crippen molar-refractivity contribution in [3.05, 3.63) is 83.9 Å². The second-order valence-corrected chi connectivity index (χ2v) is 8.85. The van der Waals surface area contributed by atoms with Crippen LogP contribution < -0.4 is 19.9 Å². The van der Waals surface area contributed by atoms with Crippen LogP contribution in [0.4, 0.5) is 15.8 Å². The molecule has 1 amide bonds. The number of ether oxygens (including phenoxy) is 1. The molecule has 0 unspecified atom stereocenters. The lowest BCUT2D eigenvalue weighted by atomic mass is 9.83. The van der Waals surface area contributed by atoms with Gasteiger partial charge in [0.25, 0.3) is 0 Å². The lowest BCUT2D eigenvalue weighted by Crippen LogP contribution is -2.61. The van der Waals surface area contributed by atoms with Gasteiger partial charge in [0.1, 0.15) is 11.6 Å². The topological polar surface area (TPSA) is 57.7 Å². The fourth-order valence-corrected chi connectivity index (χ4v) is 5.08. The predicted octanol–water partition coefficient (Wildman–Crippen LogP) is 3.46. The molecule has 2 aliphatic rings. The highest BCUT2D eigenvalue weighted by Crippen LogP contribution is 2.39. The first kappa shape index (κ1) is 22.2. The van der Waals surface area contributed by atoms with Gasteiger partial charge in [-0.1, -0.05) is 12.1 Å². The van der Waals surface area contributed by atoms with Gasteiger partial charge in [-0.2, -0.15) is 0 Å². The number of amides is 1. The molecule has 2 atom stereocenters. The first-order chi connectivity index (χ1) is 16.6. The van der Waals surface area contributed by atoms with Crippen LogP contribution in [-0.4, -0.2) is 50.2 Å². The molecule has 6 nitrogen and oxygen atoms in total. The Balaban J connectivity index is 1.37. The Hall–Kier alpha value is -3.61. The van der Waals surface area contributed by atoms with Crippen molar-refractivity contribution in [1.29, 1.82) is 0 Å². The van der Waals surface area contributed by atoms with Gasteiger partial charge < -0.3 is 19.9 Å². The highest BCUT2D eigenvalue weighted by atomic mass is 19.1. The minimum absolute atomic E-state index is 0.00765. The van der Waals surface area contributed by atoms with E-state index in [2.05, 4.69) is 32.2 Å². The molecule has 5 rings (SSSR count). The Kier molecular flexibility index (Phi) is 6.34. The number of nitrogens with one attached hydrogen (secondary N) is 1. The third-order valence-electron chi connectivity index (χ3n) is 6.86. The molecule has 0 spiro atoms. The lowest BCUT2D eigenvalue weighted by molar-refractivity contribution is -0.125. The maximum Gasteiger partial charge on any atom is 0.225 e. The van der Waals surface area contributed by atoms with Crippen LogP contribution in [0, 0.1) is 11.7 Å². The standard InChI is InChI=1S/C27H29FN4O2/c1-34-23-10-5-19-16-24(27(33)30-13-11-21-4-2-3-12-29-21)26-18-31(14-15-32(26)25(19)17-23)22-8-6-20(28)7-9-22/h2-10,12,17,24,26H,11,13-16,18H2,1H3,(H,30,33)/t24-,26+/m1/s1. The van der Waals surface area contributed by atoms with E-state index in [0.717, 1.165) is 41.5 Å². The molecular weight excluding hydrogens is 431 g/mol. The first-order valence-corrected chi connectivity index (χ1v) is 11.7. The number of carbonyl (C=O) groups excluding carboxylic acids is 1. The van der Waals surface area contributed by atoms with Crippen LogP contribution in [0.1, 0.15) is 11.3 Å². The Morgan fingerprint density at radius 2 is 2.00 bits per heavy atom. The number of nitrogens with zero attached hydrogens (tertiary/aromatic N) is 3. The second kappa shape index (κ2) is 9.71. The number of benzene rings is 2. The van der Waals surface area contributed by atoms with Crippen LogP contribution in [-0.2, 0) is 17.6 Å². The number of piperazine rings is 1. The normalized spacial score (nSPS) is 19.2. The molecule has 0 aliphatic carbocycles. The zero-order valence-corrected chi connectivity index (χ0v) is 19.3. The zero-order valence-electron chi connectivity index (χ0n) is 19.3. The summed E-state index contributed by atoms with van der Waals surface area (Å²) in [6.45, 7) is 2.82. The summed E-state index contributed by atoms with van der Waals surface area (Å²) in [6.07, 6.45) is 3.14. The number of hydrogen-bond acceptors (Lipinski definition) is 5. The highest BCUT2D eigenvalue weighted by molar-refractivity contribution is 5.82. The van der Waals surface area contributed by atoms with Crippen molar-refractivity contribution in [1.82, 2.24) is 10.3 Å². The third-order valence-corrected chi connectivity index (χ3v) is 6.86. The first-order valence-electron chi connectivity index (χ1n) is 11.7. The predicted molar refractivity (Wildman–Crippen MR) is 131 cm³/mol. The fraction of sp³-hybridized carbons (Fsp3) is 0.333. The summed E-state index contributed by atoms with van der Waals surface area (Å²) in [5.41, 5.74) is 4.25. The average Bonchev–Trinajstić information content (AvgIpc) is 2.88. The summed E-state index contributed by atoms with van der Waals surface area (Å²) in [7, 11) is 1.67. The minimum atomic E-state index is -0.244. The van der Waals surface area contributed by atoms with Gasteiger partial charge >= 0.3 is 0 Å². The summed E-state index contributed by atoms with van der Waals surface area (Å²) in [4.78, 5) is 22.4. The van der Waals surface area contributed by atoms with Gasteiger partial charge in [-0.25, -0.2) is 4.39 Å². The van der Waals surface area contributed by atoms with Gasteiger partial charge in [-0.3, -0.25) is 9.78 Å². The summed E-state index contributed by atoms with van der Waals surface area (Å²) < 4.78 is 18.9. The molecule has 1 N–H and O–H groups in total. The van der Waals surface area contributed by atoms with E-state index < -0.39 is 0 Å². The summed E-state index contributed by atoms with van der Waals surface area (Å²) in [5, 5.41) is 3.15. The molecule has 2 aromatic carbocycles. The number of aromatic nitrogens is 1. The van der Waals surface area contributed by atoms with Gasteiger partial charge in [0.2, 0.25) is 5.91 Å². The lowest BCUT2D eigenvalue weighted by Gasteiger charge is -2.49. The SMILES string of the molecule is COc1ccc2c(c1)N1CCN(c3ccc(F)cc3)C[C@H]1[C@H](C(=O)NCCc1ccccn1)C2. The molecule has 3 aromatic rings. The number of rotatable bonds is 6. The molecule has 176 valence electrons. The molecule has 0 radical (unpaired) electrons. The van der Waals surface area contributed by atoms with Crippen LogP contribution in [0.2, 0.25) is 0 Å². The van der Waals surface area contributed by atoms with Crippen molar-refractivity contribution in [2.45, 2.75) is 18.9 Å². The number of methoxy groups -OCH3 is 1. The van der Waals surface area contributed by atoms with E-state index in [-0.39, 0.29) is 23.7 Å². The number of hydrogen-bond donors (Lipinski definition) is 1. The Morgan fingerprint density at radius 1 is 1.15 bits per heavy atom. The van der Waals surface area contributed by atoms with Gasteiger partial charge in [0.05, 0.1) is 19.1 Å². The zero-order chi connectivity index (χ0) is 23.5. The molecule has 3 heterocycles. The van der Waals surface area contributed by atoms with E-state index in [0.29, 0.717) is 25.9 Å². The van der Waals surface area contributed by atoms with Crippen LogP contribution in [0.25, 0.3) is 0 Å². The van der Waals surface area contributed by atoms with Crippen molar-refractivity contribution in [3.8, 4) is 5.75 Å². The quantitative estimate of drug-likeness (QED) is 0.611. The number of pyridine rings is 1. The van der Waals surface area contributed by atoms with Gasteiger partial charge in [0.15, 0.2) is 0 Å². The number of anilines is 2. The minimum Gasteiger partial charge on any atom is -0.497 e. The van der Waals surface area contributed by atoms with Crippen molar-refractivity contribution in [3.63, 3.8) is 0 Å². The average molecular weight is 461 g/mol. The molecule has 34 heavy (non-hydrogen) atoms. The van der Waals surface area contributed by atoms with Crippen molar-refractivity contribution in [2.75, 3.05) is 43.1 Å². The van der Waals surface area contributed by atoms with Gasteiger partial charge in [0, 0.05) is 61.9 Å². The molecular formula is C27H29FN4O2. The molecule has 1 fully saturated rings. The fourth-order valence-electron chi connectivity index (χ4n) is 5.08. The smallest absolute Gasteiger partial charge is 0.225 e. The Bertz CT molecular complexity index is 1140. The van der Waals surface area contributed by atoms with Crippen molar-refractivity contribution < 1.29 is 13.9 Å². The monoisotopic (exact) mass is 460 g/mol. The van der Waals surface area contributed by atoms with Crippen LogP contribution in [0.15, 0.2) is 66.9 Å². The molecule has 0 saturated carbocycles. The molecule has 2 aliphatic heterocycles. The Labute approximate surface area is 199 Å². The number of fused-ring (bicyclic) bond motifs is 3. The van der Waals surface area contributed by atoms with E-state index in [1.165, 1.54) is 12.1 Å². The largest absolute Gasteiger partial charge is 0.497 e. The maximum atomic E-state index is 13.5. The Morgan fingerprint density at radius 3 is 2.76 bits per heavy atom. The molecule has 7 heteroatoms. The maximum absolute atomic E-state index is 13.5. The van der Waals surface area contributed by atoms with Crippen LogP contribution in [0.5, 0.6) is 5.75 Å². The molecule has 0 bridgehead atoms. The summed E-state index contributed by atoms with van der Waals surface area (Å²) in [5.74, 6) is 0.448. The summed E-state index contributed by atoms with van der Waals surface area (Å²) in [6, 6.07) is 18.5. The van der Waals surface area contributed by atoms with E-state index in [9.17, 15) is 9.18 Å². The van der Waals surface area contributed by atoms with Crippen LogP contribution in [0.3, 0.4) is 0 Å². The molecule has 1 saturated heterocycles. The third kappa shape index (κ3) is 4.55. The second-order valence-electron chi connectivity index (χ2n) is 8.85. The van der Waals surface area contributed by atoms with Gasteiger partial charge in [-0.05, 0) is 54.4 Å². The van der Waals surface area contributed by atoms with Gasteiger partial charge in [-0.15, -0.1) is 0 Å². The van der Waals surface area contributed by atoms with Crippen molar-refractivity contribution in [2.24, 2.45) is 5.92 Å². The van der Waals surface area contributed by atoms with E-state index in [1.54, 1.807) is 13.3 Å². The molecule has 1 aromatic heterocycles.